The van der Waals surface area contributed by atoms with Gasteiger partial charge in [0.25, 0.3) is 0 Å². The van der Waals surface area contributed by atoms with Crippen LogP contribution in [0, 0.1) is 0 Å². The van der Waals surface area contributed by atoms with Gasteiger partial charge in [-0.15, -0.1) is 11.3 Å². The first-order valence-corrected chi connectivity index (χ1v) is 9.88. The van der Waals surface area contributed by atoms with E-state index in [4.69, 9.17) is 4.98 Å². The number of aromatic nitrogens is 7. The fraction of sp³-hybridized carbons (Fsp3) is 0. The van der Waals surface area contributed by atoms with Gasteiger partial charge in [0.15, 0.2) is 11.5 Å². The molecule has 0 saturated heterocycles. The SMILES string of the molecule is c1cncc(-c2cc3c(-c4nc5nccc(-c6cccs6)c5[nH]4)n[nH]c3cn2)c1. The Kier molecular flexibility index (Phi) is 3.50. The average molecular weight is 395 g/mol. The Bertz CT molecular complexity index is 1450. The van der Waals surface area contributed by atoms with Crippen molar-refractivity contribution >= 4 is 33.4 Å². The molecule has 0 aromatic carbocycles. The van der Waals surface area contributed by atoms with E-state index in [1.807, 2.05) is 30.3 Å². The van der Waals surface area contributed by atoms with Crippen molar-refractivity contribution in [1.29, 1.82) is 0 Å². The third-order valence-corrected chi connectivity index (χ3v) is 5.71. The summed E-state index contributed by atoms with van der Waals surface area (Å²) in [5, 5.41) is 10.5. The molecular weight excluding hydrogens is 382 g/mol. The summed E-state index contributed by atoms with van der Waals surface area (Å²) in [5.41, 5.74) is 6.03. The lowest BCUT2D eigenvalue weighted by atomic mass is 10.1. The van der Waals surface area contributed by atoms with Crippen LogP contribution in [0.2, 0.25) is 0 Å². The van der Waals surface area contributed by atoms with Crippen LogP contribution in [0.5, 0.6) is 0 Å². The standard InChI is InChI=1S/C21H13N7S/c1-3-12(10-22-6-1)15-9-14-16(11-24-15)27-28-19(14)21-25-18-13(17-4-2-8-29-17)5-7-23-20(18)26-21/h1-11H,(H,27,28)(H,23,25,26). The van der Waals surface area contributed by atoms with Crippen LogP contribution in [-0.2, 0) is 0 Å². The van der Waals surface area contributed by atoms with Gasteiger partial charge in [-0.1, -0.05) is 6.07 Å². The van der Waals surface area contributed by atoms with Crippen LogP contribution in [0.25, 0.3) is 55.3 Å². The van der Waals surface area contributed by atoms with E-state index >= 15 is 0 Å². The van der Waals surface area contributed by atoms with Gasteiger partial charge in [0, 0.05) is 40.0 Å². The Morgan fingerprint density at radius 1 is 0.966 bits per heavy atom. The van der Waals surface area contributed by atoms with Gasteiger partial charge in [0.2, 0.25) is 0 Å². The van der Waals surface area contributed by atoms with Crippen molar-refractivity contribution in [1.82, 2.24) is 35.1 Å². The molecule has 29 heavy (non-hydrogen) atoms. The molecule has 138 valence electrons. The van der Waals surface area contributed by atoms with Gasteiger partial charge >= 0.3 is 0 Å². The van der Waals surface area contributed by atoms with E-state index in [1.165, 1.54) is 4.88 Å². The number of nitrogens with zero attached hydrogens (tertiary/aromatic N) is 5. The number of hydrogen-bond donors (Lipinski definition) is 2. The molecule has 0 unspecified atom stereocenters. The van der Waals surface area contributed by atoms with Crippen molar-refractivity contribution in [2.45, 2.75) is 0 Å². The van der Waals surface area contributed by atoms with Crippen LogP contribution >= 0.6 is 11.3 Å². The van der Waals surface area contributed by atoms with E-state index in [9.17, 15) is 0 Å². The van der Waals surface area contributed by atoms with Crippen LogP contribution in [0.15, 0.2) is 66.6 Å². The van der Waals surface area contributed by atoms with Gasteiger partial charge in [0.1, 0.15) is 5.69 Å². The van der Waals surface area contributed by atoms with Gasteiger partial charge in [-0.25, -0.2) is 9.97 Å². The van der Waals surface area contributed by atoms with Gasteiger partial charge < -0.3 is 4.98 Å². The van der Waals surface area contributed by atoms with Gasteiger partial charge in [-0.3, -0.25) is 15.1 Å². The Morgan fingerprint density at radius 3 is 2.83 bits per heavy atom. The maximum Gasteiger partial charge on any atom is 0.178 e. The molecule has 6 heterocycles. The zero-order valence-electron chi connectivity index (χ0n) is 15.0. The lowest BCUT2D eigenvalue weighted by Gasteiger charge is -2.00. The summed E-state index contributed by atoms with van der Waals surface area (Å²) in [7, 11) is 0. The number of fused-ring (bicyclic) bond motifs is 2. The number of nitrogens with one attached hydrogen (secondary N) is 2. The molecule has 6 rings (SSSR count). The molecule has 0 aliphatic heterocycles. The molecule has 6 aromatic heterocycles. The fourth-order valence-corrected chi connectivity index (χ4v) is 4.19. The van der Waals surface area contributed by atoms with Crippen molar-refractivity contribution in [3.63, 3.8) is 0 Å². The average Bonchev–Trinajstić information content (AvgIpc) is 3.52. The Morgan fingerprint density at radius 2 is 1.97 bits per heavy atom. The number of H-pyrrole nitrogens is 2. The quantitative estimate of drug-likeness (QED) is 0.453. The lowest BCUT2D eigenvalue weighted by molar-refractivity contribution is 1.10. The first kappa shape index (κ1) is 16.1. The molecule has 2 N–H and O–H groups in total. The molecule has 0 spiro atoms. The second-order valence-electron chi connectivity index (χ2n) is 6.55. The smallest absolute Gasteiger partial charge is 0.178 e. The minimum Gasteiger partial charge on any atom is -0.335 e. The molecule has 0 saturated carbocycles. The summed E-state index contributed by atoms with van der Waals surface area (Å²) in [6, 6.07) is 12.0. The summed E-state index contributed by atoms with van der Waals surface area (Å²) < 4.78 is 0. The highest BCUT2D eigenvalue weighted by Crippen LogP contribution is 2.33. The Balaban J connectivity index is 1.53. The van der Waals surface area contributed by atoms with Crippen molar-refractivity contribution in [3.8, 4) is 33.2 Å². The van der Waals surface area contributed by atoms with Crippen LogP contribution in [0.4, 0.5) is 0 Å². The first-order valence-electron chi connectivity index (χ1n) is 9.00. The predicted octanol–water partition coefficient (Wildman–Crippen LogP) is 4.69. The van der Waals surface area contributed by atoms with Crippen LogP contribution in [0.3, 0.4) is 0 Å². The second kappa shape index (κ2) is 6.32. The highest BCUT2D eigenvalue weighted by atomic mass is 32.1. The van der Waals surface area contributed by atoms with Crippen LogP contribution in [-0.4, -0.2) is 35.1 Å². The summed E-state index contributed by atoms with van der Waals surface area (Å²) in [4.78, 5) is 22.4. The van der Waals surface area contributed by atoms with Crippen LogP contribution < -0.4 is 0 Å². The number of thiophene rings is 1. The van der Waals surface area contributed by atoms with Crippen molar-refractivity contribution in [2.24, 2.45) is 0 Å². The Labute approximate surface area is 168 Å². The molecule has 0 bridgehead atoms. The molecule has 8 heteroatoms. The summed E-state index contributed by atoms with van der Waals surface area (Å²) in [6.45, 7) is 0. The van der Waals surface area contributed by atoms with E-state index in [1.54, 1.807) is 36.1 Å². The summed E-state index contributed by atoms with van der Waals surface area (Å²) in [5.74, 6) is 0.672. The second-order valence-corrected chi connectivity index (χ2v) is 7.50. The molecule has 0 aliphatic carbocycles. The van der Waals surface area contributed by atoms with Gasteiger partial charge in [-0.2, -0.15) is 5.10 Å². The fourth-order valence-electron chi connectivity index (χ4n) is 3.43. The molecular formula is C21H13N7S. The molecule has 6 aromatic rings. The highest BCUT2D eigenvalue weighted by molar-refractivity contribution is 7.13. The number of pyridine rings is 3. The number of imidazole rings is 1. The van der Waals surface area contributed by atoms with Gasteiger partial charge in [0.05, 0.1) is 22.9 Å². The molecule has 0 atom stereocenters. The normalized spacial score (nSPS) is 11.4. The molecule has 0 aliphatic rings. The first-order chi connectivity index (χ1) is 14.4. The minimum absolute atomic E-state index is 0.670. The lowest BCUT2D eigenvalue weighted by Crippen LogP contribution is -1.85. The summed E-state index contributed by atoms with van der Waals surface area (Å²) >= 11 is 1.69. The minimum atomic E-state index is 0.670. The van der Waals surface area contributed by atoms with Crippen LogP contribution in [0.1, 0.15) is 0 Å². The van der Waals surface area contributed by atoms with Crippen molar-refractivity contribution in [2.75, 3.05) is 0 Å². The predicted molar refractivity (Wildman–Crippen MR) is 113 cm³/mol. The van der Waals surface area contributed by atoms with Crippen molar-refractivity contribution in [3.05, 3.63) is 66.6 Å². The molecule has 0 amide bonds. The number of rotatable bonds is 3. The molecule has 0 radical (unpaired) electrons. The summed E-state index contributed by atoms with van der Waals surface area (Å²) in [6.07, 6.45) is 7.12. The highest BCUT2D eigenvalue weighted by Gasteiger charge is 2.16. The Hall–Kier alpha value is -3.91. The maximum absolute atomic E-state index is 4.70. The monoisotopic (exact) mass is 395 g/mol. The van der Waals surface area contributed by atoms with E-state index in [2.05, 4.69) is 41.6 Å². The maximum atomic E-state index is 4.70. The molecule has 0 fully saturated rings. The third-order valence-electron chi connectivity index (χ3n) is 4.81. The largest absolute Gasteiger partial charge is 0.335 e. The molecule has 7 nitrogen and oxygen atoms in total. The third kappa shape index (κ3) is 2.61. The van der Waals surface area contributed by atoms with E-state index in [0.29, 0.717) is 11.5 Å². The zero-order valence-corrected chi connectivity index (χ0v) is 15.8. The van der Waals surface area contributed by atoms with Crippen molar-refractivity contribution < 1.29 is 0 Å². The van der Waals surface area contributed by atoms with E-state index in [0.717, 1.165) is 38.9 Å². The van der Waals surface area contributed by atoms with E-state index < -0.39 is 0 Å². The van der Waals surface area contributed by atoms with Gasteiger partial charge in [-0.05, 0) is 35.7 Å². The topological polar surface area (TPSA) is 96.0 Å². The number of hydrogen-bond acceptors (Lipinski definition) is 6. The number of aromatic amines is 2. The van der Waals surface area contributed by atoms with E-state index in [-0.39, 0.29) is 0 Å². The zero-order chi connectivity index (χ0) is 19.2.